The molecular formula is C81H70N6. The minimum absolute atomic E-state index is 0.620. The van der Waals surface area contributed by atoms with Gasteiger partial charge in [0.25, 0.3) is 0 Å². The average Bonchev–Trinajstić information content (AvgIpc) is 1.87. The molecule has 14 rings (SSSR count). The van der Waals surface area contributed by atoms with Crippen molar-refractivity contribution in [1.82, 2.24) is 19.5 Å². The van der Waals surface area contributed by atoms with Gasteiger partial charge in [-0.2, -0.15) is 0 Å². The van der Waals surface area contributed by atoms with Gasteiger partial charge in [-0.3, -0.25) is 0 Å². The summed E-state index contributed by atoms with van der Waals surface area (Å²) in [5, 5.41) is 2.28. The first-order valence-electron chi connectivity index (χ1n) is 29.6. The Morgan fingerprint density at radius 3 is 0.736 bits per heavy atom. The Kier molecular flexibility index (Phi) is 18.4. The summed E-state index contributed by atoms with van der Waals surface area (Å²) in [7, 11) is 0. The van der Waals surface area contributed by atoms with Crippen LogP contribution in [0.25, 0.3) is 61.7 Å². The van der Waals surface area contributed by atoms with Crippen molar-refractivity contribution in [2.45, 2.75) is 41.5 Å². The second kappa shape index (κ2) is 27.6. The van der Waals surface area contributed by atoms with E-state index in [1.807, 2.05) is 60.7 Å². The van der Waals surface area contributed by atoms with E-state index in [1.54, 1.807) is 0 Å². The minimum Gasteiger partial charge on any atom is -0.310 e. The number of hydrogen-bond acceptors (Lipinski definition) is 5. The summed E-state index contributed by atoms with van der Waals surface area (Å²) in [6.07, 6.45) is 0. The predicted octanol–water partition coefficient (Wildman–Crippen LogP) is 21.8. The van der Waals surface area contributed by atoms with Gasteiger partial charge in [-0.05, 0) is 151 Å². The number of aromatic nitrogens is 4. The Morgan fingerprint density at radius 1 is 0.230 bits per heavy atom. The van der Waals surface area contributed by atoms with Gasteiger partial charge in [0.05, 0.1) is 11.0 Å². The lowest BCUT2D eigenvalue weighted by Crippen LogP contribution is -2.09. The molecule has 14 aromatic rings. The molecule has 0 saturated carbocycles. The van der Waals surface area contributed by atoms with Crippen molar-refractivity contribution in [1.29, 1.82) is 0 Å². The van der Waals surface area contributed by atoms with E-state index in [0.29, 0.717) is 17.5 Å². The predicted molar refractivity (Wildman–Crippen MR) is 368 cm³/mol. The molecule has 6 nitrogen and oxygen atoms in total. The van der Waals surface area contributed by atoms with Crippen LogP contribution in [-0.2, 0) is 0 Å². The molecular weight excluding hydrogens is 1060 g/mol. The van der Waals surface area contributed by atoms with E-state index in [9.17, 15) is 0 Å². The summed E-state index contributed by atoms with van der Waals surface area (Å²) in [4.78, 5) is 19.6. The fourth-order valence-corrected chi connectivity index (χ4v) is 10.4. The maximum absolute atomic E-state index is 5.01. The number of rotatable bonds is 10. The smallest absolute Gasteiger partial charge is 0.164 e. The highest BCUT2D eigenvalue weighted by atomic mass is 15.2. The van der Waals surface area contributed by atoms with E-state index in [-0.39, 0.29) is 0 Å². The third-order valence-electron chi connectivity index (χ3n) is 15.0. The molecule has 0 radical (unpaired) electrons. The van der Waals surface area contributed by atoms with Crippen molar-refractivity contribution in [3.8, 4) is 39.9 Å². The van der Waals surface area contributed by atoms with Crippen LogP contribution in [0.4, 0.5) is 34.1 Å². The third-order valence-corrected chi connectivity index (χ3v) is 15.0. The quantitative estimate of drug-likeness (QED) is 0.137. The minimum atomic E-state index is 0.620. The number of fused-ring (bicyclic) bond motifs is 3. The van der Waals surface area contributed by atoms with E-state index < -0.39 is 0 Å². The van der Waals surface area contributed by atoms with E-state index in [4.69, 9.17) is 15.0 Å². The standard InChI is InChI=1S/C57H40N6.3C8H10/c1-7-19-41(20-8-1)55-58-56(42-21-9-2-10-22-42)60-57(59-55)43-31-33-48(34-32-43)63-53-37-35-49(61(44-23-11-3-12-24-44)45-25-13-4-14-26-45)39-51(53)52-40-50(36-38-54(52)63)62(46-27-15-5-16-28-46)47-29-17-6-18-30-47;3*1-7-3-5-8(2)6-4-7/h1-40H;3*3-6H,1-2H3. The van der Waals surface area contributed by atoms with Gasteiger partial charge in [0.15, 0.2) is 17.5 Å². The molecule has 0 aliphatic rings. The van der Waals surface area contributed by atoms with Crippen LogP contribution in [0, 0.1) is 41.5 Å². The van der Waals surface area contributed by atoms with Gasteiger partial charge in [0.1, 0.15) is 0 Å². The molecule has 0 saturated heterocycles. The van der Waals surface area contributed by atoms with Crippen molar-refractivity contribution in [2.24, 2.45) is 0 Å². The molecule has 0 spiro atoms. The molecule has 0 unspecified atom stereocenters. The zero-order valence-electron chi connectivity index (χ0n) is 50.2. The van der Waals surface area contributed by atoms with Crippen molar-refractivity contribution < 1.29 is 0 Å². The van der Waals surface area contributed by atoms with Gasteiger partial charge in [0, 0.05) is 67.3 Å². The van der Waals surface area contributed by atoms with Gasteiger partial charge < -0.3 is 14.4 Å². The first-order chi connectivity index (χ1) is 42.6. The van der Waals surface area contributed by atoms with Crippen LogP contribution in [-0.4, -0.2) is 19.5 Å². The molecule has 0 fully saturated rings. The van der Waals surface area contributed by atoms with Crippen LogP contribution in [0.2, 0.25) is 0 Å². The largest absolute Gasteiger partial charge is 0.310 e. The number of nitrogens with zero attached hydrogens (tertiary/aromatic N) is 6. The summed E-state index contributed by atoms with van der Waals surface area (Å²) in [6.45, 7) is 12.6. The van der Waals surface area contributed by atoms with Crippen LogP contribution in [0.15, 0.2) is 315 Å². The van der Waals surface area contributed by atoms with Crippen molar-refractivity contribution in [3.05, 3.63) is 349 Å². The monoisotopic (exact) mass is 1130 g/mol. The summed E-state index contributed by atoms with van der Waals surface area (Å²) < 4.78 is 2.37. The van der Waals surface area contributed by atoms with Gasteiger partial charge in [0.2, 0.25) is 0 Å². The molecule has 12 aromatic carbocycles. The molecule has 424 valence electrons. The second-order valence-electron chi connectivity index (χ2n) is 21.8. The van der Waals surface area contributed by atoms with Crippen molar-refractivity contribution in [3.63, 3.8) is 0 Å². The number of anilines is 6. The van der Waals surface area contributed by atoms with Crippen LogP contribution in [0.1, 0.15) is 33.4 Å². The third kappa shape index (κ3) is 14.4. The highest BCUT2D eigenvalue weighted by Crippen LogP contribution is 2.43. The van der Waals surface area contributed by atoms with Gasteiger partial charge in [-0.15, -0.1) is 0 Å². The molecule has 0 atom stereocenters. The first-order valence-corrected chi connectivity index (χ1v) is 29.6. The maximum Gasteiger partial charge on any atom is 0.164 e. The molecule has 0 bridgehead atoms. The zero-order chi connectivity index (χ0) is 59.9. The summed E-state index contributed by atoms with van der Waals surface area (Å²) >= 11 is 0. The molecule has 0 aliphatic carbocycles. The lowest BCUT2D eigenvalue weighted by atomic mass is 10.1. The van der Waals surface area contributed by atoms with Gasteiger partial charge in [-0.1, -0.05) is 240 Å². The number of para-hydroxylation sites is 4. The number of benzene rings is 12. The average molecular weight is 1130 g/mol. The van der Waals surface area contributed by atoms with Crippen LogP contribution in [0.3, 0.4) is 0 Å². The highest BCUT2D eigenvalue weighted by Gasteiger charge is 2.21. The fraction of sp³-hybridized carbons (Fsp3) is 0.0741. The molecule has 87 heavy (non-hydrogen) atoms. The van der Waals surface area contributed by atoms with Crippen molar-refractivity contribution in [2.75, 3.05) is 9.80 Å². The summed E-state index contributed by atoms with van der Waals surface area (Å²) in [6, 6.07) is 110. The lowest BCUT2D eigenvalue weighted by molar-refractivity contribution is 1.07. The Labute approximate surface area is 512 Å². The second-order valence-corrected chi connectivity index (χ2v) is 21.8. The molecule has 2 heterocycles. The van der Waals surface area contributed by atoms with Gasteiger partial charge in [-0.25, -0.2) is 15.0 Å². The Morgan fingerprint density at radius 2 is 0.471 bits per heavy atom. The van der Waals surface area contributed by atoms with E-state index in [2.05, 4.69) is 311 Å². The number of hydrogen-bond donors (Lipinski definition) is 0. The molecule has 0 aliphatic heterocycles. The Balaban J connectivity index is 0.000000270. The summed E-state index contributed by atoms with van der Waals surface area (Å²) in [5.74, 6) is 1.89. The van der Waals surface area contributed by atoms with Crippen LogP contribution in [0.5, 0.6) is 0 Å². The van der Waals surface area contributed by atoms with Crippen LogP contribution < -0.4 is 9.80 Å². The lowest BCUT2D eigenvalue weighted by Gasteiger charge is -2.26. The Hall–Kier alpha value is -11.0. The molecule has 6 heteroatoms. The highest BCUT2D eigenvalue weighted by molar-refractivity contribution is 6.12. The van der Waals surface area contributed by atoms with E-state index in [1.165, 1.54) is 33.4 Å². The summed E-state index contributed by atoms with van der Waals surface area (Å²) in [5.41, 5.74) is 20.5. The Bertz CT molecular complexity index is 4000. The van der Waals surface area contributed by atoms with E-state index in [0.717, 1.165) is 78.3 Å². The van der Waals surface area contributed by atoms with Gasteiger partial charge >= 0.3 is 0 Å². The topological polar surface area (TPSA) is 50.1 Å². The SMILES string of the molecule is Cc1ccc(C)cc1.Cc1ccc(C)cc1.Cc1ccc(C)cc1.c1ccc(-c2nc(-c3ccccc3)nc(-c3ccc(-n4c5ccc(N(c6ccccc6)c6ccccc6)cc5c5cc(N(c6ccccc6)c6ccccc6)ccc54)cc3)n2)cc1. The first kappa shape index (κ1) is 57.8. The maximum atomic E-state index is 5.01. The molecule has 0 N–H and O–H groups in total. The molecule has 2 aromatic heterocycles. The zero-order valence-corrected chi connectivity index (χ0v) is 50.2. The van der Waals surface area contributed by atoms with E-state index >= 15 is 0 Å². The number of aryl methyl sites for hydroxylation is 6. The fourth-order valence-electron chi connectivity index (χ4n) is 10.4. The normalized spacial score (nSPS) is 10.6. The van der Waals surface area contributed by atoms with Crippen molar-refractivity contribution >= 4 is 55.9 Å². The van der Waals surface area contributed by atoms with Crippen LogP contribution >= 0.6 is 0 Å². The molecule has 0 amide bonds.